The zero-order chi connectivity index (χ0) is 22.5. The van der Waals surface area contributed by atoms with Gasteiger partial charge in [-0.15, -0.1) is 11.3 Å². The van der Waals surface area contributed by atoms with Crippen molar-refractivity contribution >= 4 is 40.4 Å². The first-order valence-corrected chi connectivity index (χ1v) is 12.8. The third kappa shape index (κ3) is 3.48. The van der Waals surface area contributed by atoms with Crippen LogP contribution in [0.5, 0.6) is 0 Å². The van der Waals surface area contributed by atoms with E-state index in [1.165, 1.54) is 5.56 Å². The lowest BCUT2D eigenvalue weighted by molar-refractivity contribution is -0.131. The molecule has 5 atom stereocenters. The van der Waals surface area contributed by atoms with Gasteiger partial charge in [0.15, 0.2) is 0 Å². The van der Waals surface area contributed by atoms with Crippen LogP contribution < -0.4 is 5.32 Å². The number of halogens is 2. The van der Waals surface area contributed by atoms with Crippen LogP contribution >= 0.6 is 34.5 Å². The van der Waals surface area contributed by atoms with Crippen molar-refractivity contribution in [3.05, 3.63) is 75.2 Å². The molecule has 1 saturated carbocycles. The molecule has 2 aromatic carbocycles. The van der Waals surface area contributed by atoms with E-state index in [0.29, 0.717) is 0 Å². The van der Waals surface area contributed by atoms with Crippen LogP contribution in [0.4, 0.5) is 0 Å². The molecule has 2 fully saturated rings. The third-order valence-corrected chi connectivity index (χ3v) is 9.08. The monoisotopic (exact) mass is 484 g/mol. The Morgan fingerprint density at radius 2 is 1.97 bits per heavy atom. The number of hydrogen-bond acceptors (Lipinski definition) is 3. The first kappa shape index (κ1) is 21.9. The Balaban J connectivity index is 1.61. The largest absolute Gasteiger partial charge is 0.353 e. The summed E-state index contributed by atoms with van der Waals surface area (Å²) in [6.07, 6.45) is 4.47. The predicted octanol–water partition coefficient (Wildman–Crippen LogP) is 7.31. The number of fused-ring (bicyclic) bond motifs is 1. The Kier molecular flexibility index (Phi) is 5.81. The second-order valence-electron chi connectivity index (χ2n) is 9.09. The van der Waals surface area contributed by atoms with Crippen LogP contribution in [0.25, 0.3) is 10.6 Å². The highest BCUT2D eigenvalue weighted by molar-refractivity contribution is 7.13. The van der Waals surface area contributed by atoms with Crippen LogP contribution in [0.1, 0.15) is 56.1 Å². The number of carbonyl (C=O) groups excluding carboxylic acids is 1. The number of nitrogens with one attached hydrogen (secondary N) is 1. The summed E-state index contributed by atoms with van der Waals surface area (Å²) in [5.41, 5.74) is 3.10. The van der Waals surface area contributed by atoms with Gasteiger partial charge < -0.3 is 5.32 Å². The van der Waals surface area contributed by atoms with Crippen LogP contribution in [0.15, 0.2) is 54.0 Å². The van der Waals surface area contributed by atoms with Gasteiger partial charge in [0.1, 0.15) is 5.01 Å². The quantitative estimate of drug-likeness (QED) is 0.421. The molecule has 2 heterocycles. The van der Waals surface area contributed by atoms with Gasteiger partial charge in [0.2, 0.25) is 5.91 Å². The van der Waals surface area contributed by atoms with Crippen molar-refractivity contribution in [2.24, 2.45) is 11.3 Å². The van der Waals surface area contributed by atoms with Crippen molar-refractivity contribution < 1.29 is 4.79 Å². The van der Waals surface area contributed by atoms with E-state index < -0.39 is 0 Å². The van der Waals surface area contributed by atoms with Crippen LogP contribution in [0.2, 0.25) is 10.0 Å². The minimum atomic E-state index is -0.326. The standard InChI is InChI=1S/C26H26Cl2N2OS/c1-3-26-11-10-20(19-9-6-17(14-21(19)28)24-29-12-13-32-24)22(16-4-7-18(27)8-5-16)23(26)15(2)30-25(26)31/h4-9,12-15,20,22-23H,3,10-11H2,1-2H3,(H,30,31)/t15-,20+,22+,23+,26-/m1/s1. The van der Waals surface area contributed by atoms with Gasteiger partial charge in [0.05, 0.1) is 5.41 Å². The summed E-state index contributed by atoms with van der Waals surface area (Å²) in [4.78, 5) is 17.5. The third-order valence-electron chi connectivity index (χ3n) is 7.67. The van der Waals surface area contributed by atoms with E-state index in [1.54, 1.807) is 11.3 Å². The first-order chi connectivity index (χ1) is 15.4. The lowest BCUT2D eigenvalue weighted by Gasteiger charge is -2.47. The maximum atomic E-state index is 13.1. The molecule has 3 nitrogen and oxygen atoms in total. The Bertz CT molecular complexity index is 1130. The van der Waals surface area contributed by atoms with E-state index in [2.05, 4.69) is 48.4 Å². The number of thiazole rings is 1. The van der Waals surface area contributed by atoms with Crippen LogP contribution in [-0.4, -0.2) is 16.9 Å². The van der Waals surface area contributed by atoms with Gasteiger partial charge in [-0.05, 0) is 67.3 Å². The van der Waals surface area contributed by atoms with Crippen LogP contribution in [-0.2, 0) is 4.79 Å². The average Bonchev–Trinajstić information content (AvgIpc) is 3.41. The van der Waals surface area contributed by atoms with E-state index in [-0.39, 0.29) is 35.1 Å². The average molecular weight is 485 g/mol. The van der Waals surface area contributed by atoms with Crippen molar-refractivity contribution in [3.8, 4) is 10.6 Å². The molecule has 1 N–H and O–H groups in total. The van der Waals surface area contributed by atoms with Crippen molar-refractivity contribution in [1.29, 1.82) is 0 Å². The van der Waals surface area contributed by atoms with Gasteiger partial charge in [-0.2, -0.15) is 0 Å². The topological polar surface area (TPSA) is 42.0 Å². The molecule has 0 radical (unpaired) electrons. The number of aromatic nitrogens is 1. The van der Waals surface area contributed by atoms with Gasteiger partial charge in [-0.3, -0.25) is 4.79 Å². The highest BCUT2D eigenvalue weighted by Crippen LogP contribution is 2.60. The smallest absolute Gasteiger partial charge is 0.226 e. The molecule has 3 aromatic rings. The molecule has 0 spiro atoms. The molecule has 1 aromatic heterocycles. The van der Waals surface area contributed by atoms with E-state index in [1.807, 2.05) is 29.8 Å². The van der Waals surface area contributed by atoms with Crippen LogP contribution in [0.3, 0.4) is 0 Å². The van der Waals surface area contributed by atoms with E-state index in [0.717, 1.165) is 45.4 Å². The molecular weight excluding hydrogens is 459 g/mol. The second-order valence-corrected chi connectivity index (χ2v) is 10.8. The second kappa shape index (κ2) is 8.48. The summed E-state index contributed by atoms with van der Waals surface area (Å²) in [6.45, 7) is 4.30. The Morgan fingerprint density at radius 1 is 1.19 bits per heavy atom. The number of carbonyl (C=O) groups is 1. The van der Waals surface area contributed by atoms with Gasteiger partial charge in [-0.25, -0.2) is 4.98 Å². The fourth-order valence-electron chi connectivity index (χ4n) is 6.22. The lowest BCUT2D eigenvalue weighted by atomic mass is 9.54. The number of benzene rings is 2. The van der Waals surface area contributed by atoms with E-state index in [9.17, 15) is 4.79 Å². The van der Waals surface area contributed by atoms with E-state index in [4.69, 9.17) is 23.2 Å². The Labute approximate surface area is 203 Å². The Morgan fingerprint density at radius 3 is 2.62 bits per heavy atom. The van der Waals surface area contributed by atoms with Crippen molar-refractivity contribution in [2.75, 3.05) is 0 Å². The highest BCUT2D eigenvalue weighted by atomic mass is 35.5. The lowest BCUT2D eigenvalue weighted by Crippen LogP contribution is -2.43. The molecule has 166 valence electrons. The molecule has 6 heteroatoms. The number of hydrogen-bond donors (Lipinski definition) is 1. The highest BCUT2D eigenvalue weighted by Gasteiger charge is 2.59. The molecule has 0 unspecified atom stereocenters. The fraction of sp³-hybridized carbons (Fsp3) is 0.385. The molecule has 1 aliphatic heterocycles. The van der Waals surface area contributed by atoms with Gasteiger partial charge >= 0.3 is 0 Å². The summed E-state index contributed by atoms with van der Waals surface area (Å²) in [5, 5.41) is 7.72. The molecule has 32 heavy (non-hydrogen) atoms. The molecule has 0 bridgehead atoms. The predicted molar refractivity (Wildman–Crippen MR) is 133 cm³/mol. The van der Waals surface area contributed by atoms with Gasteiger partial charge in [0, 0.05) is 39.1 Å². The maximum absolute atomic E-state index is 13.1. The van der Waals surface area contributed by atoms with E-state index >= 15 is 0 Å². The normalized spacial score (nSPS) is 29.6. The zero-order valence-electron chi connectivity index (χ0n) is 18.1. The summed E-state index contributed by atoms with van der Waals surface area (Å²) in [7, 11) is 0. The molecule has 1 aliphatic carbocycles. The summed E-state index contributed by atoms with van der Waals surface area (Å²) in [6, 6.07) is 14.6. The van der Waals surface area contributed by atoms with Crippen molar-refractivity contribution in [3.63, 3.8) is 0 Å². The summed E-state index contributed by atoms with van der Waals surface area (Å²) in [5.74, 6) is 0.821. The summed E-state index contributed by atoms with van der Waals surface area (Å²) < 4.78 is 0. The minimum Gasteiger partial charge on any atom is -0.353 e. The first-order valence-electron chi connectivity index (χ1n) is 11.2. The van der Waals surface area contributed by atoms with Crippen molar-refractivity contribution in [1.82, 2.24) is 10.3 Å². The van der Waals surface area contributed by atoms with Crippen LogP contribution in [0, 0.1) is 11.3 Å². The number of amides is 1. The zero-order valence-corrected chi connectivity index (χ0v) is 20.5. The molecule has 1 amide bonds. The minimum absolute atomic E-state index is 0.110. The van der Waals surface area contributed by atoms with Gasteiger partial charge in [-0.1, -0.05) is 54.4 Å². The maximum Gasteiger partial charge on any atom is 0.226 e. The molecular formula is C26H26Cl2N2OS. The SMILES string of the molecule is CC[C@@]12CC[C@@H](c3ccc(-c4nccs4)cc3Cl)[C@H](c3ccc(Cl)cc3)[C@@H]1[C@@H](C)NC2=O. The number of nitrogens with zero attached hydrogens (tertiary/aromatic N) is 1. The fourth-order valence-corrected chi connectivity index (χ4v) is 7.30. The summed E-state index contributed by atoms with van der Waals surface area (Å²) >= 11 is 14.7. The Hall–Kier alpha value is -1.88. The van der Waals surface area contributed by atoms with Crippen molar-refractivity contribution in [2.45, 2.75) is 51.0 Å². The molecule has 5 rings (SSSR count). The number of rotatable bonds is 4. The molecule has 1 saturated heterocycles. The van der Waals surface area contributed by atoms with Gasteiger partial charge in [0.25, 0.3) is 0 Å². The molecule has 2 aliphatic rings.